The molecule has 0 bridgehead atoms. The van der Waals surface area contributed by atoms with E-state index in [0.717, 1.165) is 16.7 Å². The fourth-order valence-corrected chi connectivity index (χ4v) is 3.84. The zero-order valence-electron chi connectivity index (χ0n) is 18.1. The molecule has 3 rings (SSSR count). The molecule has 0 saturated carbocycles. The maximum Gasteiger partial charge on any atom is 0.307 e. The SMILES string of the molecule is COC(=O)CC1c2cc(OC)c(OC)cc2CCN1C(=O)COc1ccc(Cl)c(C)c1. The van der Waals surface area contributed by atoms with Crippen molar-refractivity contribution in [2.45, 2.75) is 25.8 Å². The summed E-state index contributed by atoms with van der Waals surface area (Å²) in [5, 5.41) is 0.633. The van der Waals surface area contributed by atoms with Crippen molar-refractivity contribution >= 4 is 23.5 Å². The molecule has 1 heterocycles. The van der Waals surface area contributed by atoms with E-state index in [1.54, 1.807) is 37.3 Å². The first-order valence-electron chi connectivity index (χ1n) is 9.88. The maximum atomic E-state index is 13.1. The molecule has 0 spiro atoms. The molecule has 1 atom stereocenters. The summed E-state index contributed by atoms with van der Waals surface area (Å²) >= 11 is 6.05. The van der Waals surface area contributed by atoms with Crippen LogP contribution in [-0.2, 0) is 20.7 Å². The highest BCUT2D eigenvalue weighted by Gasteiger charge is 2.34. The minimum absolute atomic E-state index is 0.0325. The number of benzene rings is 2. The van der Waals surface area contributed by atoms with E-state index < -0.39 is 12.0 Å². The molecule has 0 radical (unpaired) electrons. The lowest BCUT2D eigenvalue weighted by Crippen LogP contribution is -2.43. The summed E-state index contributed by atoms with van der Waals surface area (Å²) in [6, 6.07) is 8.46. The number of halogens is 1. The highest BCUT2D eigenvalue weighted by atomic mass is 35.5. The Hall–Kier alpha value is -2.93. The van der Waals surface area contributed by atoms with Crippen molar-refractivity contribution in [3.63, 3.8) is 0 Å². The molecule has 0 saturated heterocycles. The Morgan fingerprint density at radius 2 is 1.81 bits per heavy atom. The third-order valence-corrected chi connectivity index (χ3v) is 5.83. The predicted molar refractivity (Wildman–Crippen MR) is 116 cm³/mol. The van der Waals surface area contributed by atoms with Crippen LogP contribution in [0.4, 0.5) is 0 Å². The number of ether oxygens (including phenoxy) is 4. The number of hydrogen-bond donors (Lipinski definition) is 0. The van der Waals surface area contributed by atoms with Gasteiger partial charge in [-0.2, -0.15) is 0 Å². The summed E-state index contributed by atoms with van der Waals surface area (Å²) in [5.41, 5.74) is 2.71. The van der Waals surface area contributed by atoms with E-state index in [9.17, 15) is 9.59 Å². The monoisotopic (exact) mass is 447 g/mol. The van der Waals surface area contributed by atoms with Crippen molar-refractivity contribution < 1.29 is 28.5 Å². The second kappa shape index (κ2) is 9.92. The molecule has 1 aliphatic heterocycles. The van der Waals surface area contributed by atoms with Crippen LogP contribution in [-0.4, -0.2) is 51.3 Å². The third kappa shape index (κ3) is 5.05. The molecule has 0 aliphatic carbocycles. The minimum Gasteiger partial charge on any atom is -0.493 e. The van der Waals surface area contributed by atoms with Crippen LogP contribution in [0.3, 0.4) is 0 Å². The molecule has 1 aliphatic rings. The molecule has 8 heteroatoms. The fourth-order valence-electron chi connectivity index (χ4n) is 3.72. The molecular weight excluding hydrogens is 422 g/mol. The topological polar surface area (TPSA) is 74.3 Å². The van der Waals surface area contributed by atoms with Gasteiger partial charge in [-0.25, -0.2) is 0 Å². The zero-order valence-corrected chi connectivity index (χ0v) is 18.8. The Kier molecular flexibility index (Phi) is 7.28. The number of nitrogens with zero attached hydrogens (tertiary/aromatic N) is 1. The summed E-state index contributed by atoms with van der Waals surface area (Å²) in [6.07, 6.45) is 0.657. The predicted octanol–water partition coefficient (Wildman–Crippen LogP) is 3.73. The van der Waals surface area contributed by atoms with Crippen molar-refractivity contribution in [2.75, 3.05) is 34.5 Å². The van der Waals surface area contributed by atoms with Gasteiger partial charge in [0.1, 0.15) is 5.75 Å². The van der Waals surface area contributed by atoms with Gasteiger partial charge in [-0.1, -0.05) is 11.6 Å². The van der Waals surface area contributed by atoms with E-state index in [1.165, 1.54) is 7.11 Å². The van der Waals surface area contributed by atoms with Gasteiger partial charge in [0, 0.05) is 11.6 Å². The summed E-state index contributed by atoms with van der Waals surface area (Å²) in [5.74, 6) is 1.09. The van der Waals surface area contributed by atoms with E-state index in [1.807, 2.05) is 19.1 Å². The Bertz CT molecular complexity index is 977. The smallest absolute Gasteiger partial charge is 0.307 e. The molecule has 7 nitrogen and oxygen atoms in total. The van der Waals surface area contributed by atoms with Gasteiger partial charge in [0.05, 0.1) is 33.8 Å². The van der Waals surface area contributed by atoms with Crippen molar-refractivity contribution in [3.05, 3.63) is 52.0 Å². The lowest BCUT2D eigenvalue weighted by molar-refractivity contribution is -0.144. The van der Waals surface area contributed by atoms with Crippen LogP contribution >= 0.6 is 11.6 Å². The highest BCUT2D eigenvalue weighted by Crippen LogP contribution is 2.39. The standard InChI is InChI=1S/C23H26ClNO6/c1-14-9-16(5-6-18(14)24)31-13-22(26)25-8-7-15-10-20(28-2)21(29-3)11-17(15)19(25)12-23(27)30-4/h5-6,9-11,19H,7-8,12-13H2,1-4H3. The number of hydrogen-bond acceptors (Lipinski definition) is 6. The van der Waals surface area contributed by atoms with Gasteiger partial charge < -0.3 is 23.8 Å². The fraction of sp³-hybridized carbons (Fsp3) is 0.391. The average Bonchev–Trinajstić information content (AvgIpc) is 2.78. The summed E-state index contributed by atoms with van der Waals surface area (Å²) < 4.78 is 21.4. The number of esters is 1. The first kappa shape index (κ1) is 22.7. The second-order valence-corrected chi connectivity index (χ2v) is 7.65. The molecule has 166 valence electrons. The quantitative estimate of drug-likeness (QED) is 0.602. The normalized spacial score (nSPS) is 15.1. The number of fused-ring (bicyclic) bond motifs is 1. The Labute approximate surface area is 186 Å². The van der Waals surface area contributed by atoms with E-state index in [2.05, 4.69) is 0 Å². The molecule has 1 unspecified atom stereocenters. The van der Waals surface area contributed by atoms with Crippen LogP contribution < -0.4 is 14.2 Å². The van der Waals surface area contributed by atoms with Gasteiger partial charge in [0.25, 0.3) is 5.91 Å². The van der Waals surface area contributed by atoms with Crippen molar-refractivity contribution in [2.24, 2.45) is 0 Å². The molecule has 1 amide bonds. The van der Waals surface area contributed by atoms with Crippen molar-refractivity contribution in [3.8, 4) is 17.2 Å². The first-order chi connectivity index (χ1) is 14.9. The first-order valence-corrected chi connectivity index (χ1v) is 10.3. The van der Waals surface area contributed by atoms with Crippen LogP contribution in [0.5, 0.6) is 17.2 Å². The van der Waals surface area contributed by atoms with Crippen LogP contribution in [0.25, 0.3) is 0 Å². The lowest BCUT2D eigenvalue weighted by Gasteiger charge is -2.37. The molecular formula is C23H26ClNO6. The van der Waals surface area contributed by atoms with Crippen LogP contribution in [0.1, 0.15) is 29.2 Å². The molecule has 2 aromatic carbocycles. The number of amides is 1. The number of carbonyl (C=O) groups excluding carboxylic acids is 2. The van der Waals surface area contributed by atoms with E-state index in [0.29, 0.717) is 35.2 Å². The van der Waals surface area contributed by atoms with Gasteiger partial charge in [0.15, 0.2) is 18.1 Å². The lowest BCUT2D eigenvalue weighted by atomic mass is 9.90. The Morgan fingerprint density at radius 3 is 2.45 bits per heavy atom. The average molecular weight is 448 g/mol. The number of methoxy groups -OCH3 is 3. The summed E-state index contributed by atoms with van der Waals surface area (Å²) in [6.45, 7) is 2.17. The summed E-state index contributed by atoms with van der Waals surface area (Å²) in [7, 11) is 4.46. The van der Waals surface area contributed by atoms with Gasteiger partial charge >= 0.3 is 5.97 Å². The minimum atomic E-state index is -0.487. The third-order valence-electron chi connectivity index (χ3n) is 5.40. The second-order valence-electron chi connectivity index (χ2n) is 7.24. The van der Waals surface area contributed by atoms with Crippen LogP contribution in [0.15, 0.2) is 30.3 Å². The zero-order chi connectivity index (χ0) is 22.5. The Balaban J connectivity index is 1.85. The van der Waals surface area contributed by atoms with Gasteiger partial charge in [0.2, 0.25) is 0 Å². The number of rotatable bonds is 7. The maximum absolute atomic E-state index is 13.1. The number of aryl methyl sites for hydroxylation is 1. The van der Waals surface area contributed by atoms with Gasteiger partial charge in [-0.05, 0) is 60.4 Å². The molecule has 0 N–H and O–H groups in total. The highest BCUT2D eigenvalue weighted by molar-refractivity contribution is 6.31. The van der Waals surface area contributed by atoms with Crippen LogP contribution in [0.2, 0.25) is 5.02 Å². The number of carbonyl (C=O) groups is 2. The largest absolute Gasteiger partial charge is 0.493 e. The molecule has 0 aromatic heterocycles. The Morgan fingerprint density at radius 1 is 1.10 bits per heavy atom. The van der Waals surface area contributed by atoms with Crippen molar-refractivity contribution in [1.82, 2.24) is 4.90 Å². The van der Waals surface area contributed by atoms with Crippen molar-refractivity contribution in [1.29, 1.82) is 0 Å². The molecule has 31 heavy (non-hydrogen) atoms. The summed E-state index contributed by atoms with van der Waals surface area (Å²) in [4.78, 5) is 26.8. The molecule has 2 aromatic rings. The van der Waals surface area contributed by atoms with Gasteiger partial charge in [-0.15, -0.1) is 0 Å². The molecule has 0 fully saturated rings. The van der Waals surface area contributed by atoms with Gasteiger partial charge in [-0.3, -0.25) is 9.59 Å². The van der Waals surface area contributed by atoms with E-state index in [-0.39, 0.29) is 18.9 Å². The van der Waals surface area contributed by atoms with E-state index >= 15 is 0 Å². The van der Waals surface area contributed by atoms with Crippen LogP contribution in [0, 0.1) is 6.92 Å². The van der Waals surface area contributed by atoms with E-state index in [4.69, 9.17) is 30.5 Å².